The van der Waals surface area contributed by atoms with Crippen LogP contribution in [0.3, 0.4) is 0 Å². The summed E-state index contributed by atoms with van der Waals surface area (Å²) in [6.07, 6.45) is 5.49. The highest BCUT2D eigenvalue weighted by atomic mass is 15.3. The first kappa shape index (κ1) is 13.4. The molecule has 114 valence electrons. The minimum Gasteiger partial charge on any atom is -0.366 e. The molecule has 2 N–H and O–H groups in total. The van der Waals surface area contributed by atoms with Crippen molar-refractivity contribution < 1.29 is 0 Å². The molecule has 4 aromatic rings. The van der Waals surface area contributed by atoms with Gasteiger partial charge in [0.1, 0.15) is 5.69 Å². The van der Waals surface area contributed by atoms with Gasteiger partial charge in [0.2, 0.25) is 5.95 Å². The molecular formula is C16H15N7. The average Bonchev–Trinajstić information content (AvgIpc) is 3.11. The van der Waals surface area contributed by atoms with E-state index < -0.39 is 0 Å². The smallest absolute Gasteiger partial charge is 0.240 e. The summed E-state index contributed by atoms with van der Waals surface area (Å²) in [6.45, 7) is 2.06. The fourth-order valence-electron chi connectivity index (χ4n) is 2.51. The van der Waals surface area contributed by atoms with E-state index >= 15 is 0 Å². The van der Waals surface area contributed by atoms with Gasteiger partial charge in [0.15, 0.2) is 5.65 Å². The zero-order valence-electron chi connectivity index (χ0n) is 12.8. The lowest BCUT2D eigenvalue weighted by molar-refractivity contribution is 0.768. The van der Waals surface area contributed by atoms with Crippen LogP contribution in [0.15, 0.2) is 42.9 Å². The number of nitrogen functional groups attached to an aromatic ring is 1. The third kappa shape index (κ3) is 2.32. The molecule has 7 heteroatoms. The fraction of sp³-hybridized carbons (Fsp3) is 0.125. The van der Waals surface area contributed by atoms with Gasteiger partial charge in [-0.1, -0.05) is 29.8 Å². The number of anilines is 1. The van der Waals surface area contributed by atoms with Crippen molar-refractivity contribution in [3.8, 4) is 22.5 Å². The van der Waals surface area contributed by atoms with Crippen LogP contribution in [-0.2, 0) is 7.05 Å². The normalized spacial score (nSPS) is 11.2. The van der Waals surface area contributed by atoms with E-state index in [9.17, 15) is 0 Å². The molecular weight excluding hydrogens is 290 g/mol. The number of aromatic nitrogens is 6. The van der Waals surface area contributed by atoms with Gasteiger partial charge >= 0.3 is 0 Å². The lowest BCUT2D eigenvalue weighted by atomic mass is 10.1. The van der Waals surface area contributed by atoms with Gasteiger partial charge in [-0.3, -0.25) is 4.68 Å². The topological polar surface area (TPSA) is 86.9 Å². The van der Waals surface area contributed by atoms with Gasteiger partial charge in [-0.05, 0) is 6.92 Å². The largest absolute Gasteiger partial charge is 0.366 e. The molecule has 0 aliphatic heterocycles. The minimum atomic E-state index is 0.220. The molecule has 0 amide bonds. The summed E-state index contributed by atoms with van der Waals surface area (Å²) < 4.78 is 3.39. The van der Waals surface area contributed by atoms with Crippen molar-refractivity contribution in [3.05, 3.63) is 48.4 Å². The Bertz CT molecular complexity index is 995. The maximum Gasteiger partial charge on any atom is 0.240 e. The van der Waals surface area contributed by atoms with Gasteiger partial charge < -0.3 is 5.73 Å². The van der Waals surface area contributed by atoms with E-state index in [0.29, 0.717) is 11.3 Å². The van der Waals surface area contributed by atoms with Crippen LogP contribution in [0.1, 0.15) is 5.56 Å². The summed E-state index contributed by atoms with van der Waals surface area (Å²) in [7, 11) is 1.86. The number of fused-ring (bicyclic) bond motifs is 1. The van der Waals surface area contributed by atoms with Gasteiger partial charge in [0, 0.05) is 24.4 Å². The zero-order valence-corrected chi connectivity index (χ0v) is 12.8. The molecule has 0 atom stereocenters. The highest BCUT2D eigenvalue weighted by Crippen LogP contribution is 2.26. The predicted octanol–water partition coefficient (Wildman–Crippen LogP) is 2.08. The van der Waals surface area contributed by atoms with E-state index in [1.807, 2.05) is 31.6 Å². The molecule has 4 rings (SSSR count). The second kappa shape index (κ2) is 4.91. The molecule has 0 aliphatic carbocycles. The fourth-order valence-corrected chi connectivity index (χ4v) is 2.51. The maximum absolute atomic E-state index is 5.76. The first-order valence-corrected chi connectivity index (χ1v) is 7.19. The summed E-state index contributed by atoms with van der Waals surface area (Å²) in [6, 6.07) is 8.19. The number of rotatable bonds is 2. The third-order valence-corrected chi connectivity index (χ3v) is 3.66. The Morgan fingerprint density at radius 3 is 2.48 bits per heavy atom. The van der Waals surface area contributed by atoms with Crippen LogP contribution in [0, 0.1) is 6.92 Å². The van der Waals surface area contributed by atoms with Crippen LogP contribution in [0.5, 0.6) is 0 Å². The molecule has 23 heavy (non-hydrogen) atoms. The van der Waals surface area contributed by atoms with Gasteiger partial charge in [0.05, 0.1) is 18.1 Å². The van der Waals surface area contributed by atoms with Crippen molar-refractivity contribution in [2.24, 2.45) is 7.05 Å². The van der Waals surface area contributed by atoms with Gasteiger partial charge in [-0.2, -0.15) is 10.1 Å². The summed E-state index contributed by atoms with van der Waals surface area (Å²) in [5.74, 6) is 0.220. The van der Waals surface area contributed by atoms with E-state index in [1.54, 1.807) is 15.4 Å². The van der Waals surface area contributed by atoms with Crippen LogP contribution in [0.25, 0.3) is 28.2 Å². The molecule has 0 saturated carbocycles. The predicted molar refractivity (Wildman–Crippen MR) is 87.6 cm³/mol. The summed E-state index contributed by atoms with van der Waals surface area (Å²) in [5, 5.41) is 8.43. The molecule has 0 radical (unpaired) electrons. The average molecular weight is 305 g/mol. The monoisotopic (exact) mass is 305 g/mol. The van der Waals surface area contributed by atoms with Crippen LogP contribution < -0.4 is 5.73 Å². The van der Waals surface area contributed by atoms with Crippen molar-refractivity contribution in [2.75, 3.05) is 5.73 Å². The van der Waals surface area contributed by atoms with Crippen molar-refractivity contribution in [2.45, 2.75) is 6.92 Å². The summed E-state index contributed by atoms with van der Waals surface area (Å²) >= 11 is 0. The second-order valence-corrected chi connectivity index (χ2v) is 5.48. The quantitative estimate of drug-likeness (QED) is 0.612. The number of hydrogen-bond acceptors (Lipinski definition) is 5. The number of aryl methyl sites for hydroxylation is 2. The van der Waals surface area contributed by atoms with Crippen molar-refractivity contribution in [1.29, 1.82) is 0 Å². The Morgan fingerprint density at radius 1 is 1.00 bits per heavy atom. The van der Waals surface area contributed by atoms with E-state index in [2.05, 4.69) is 34.2 Å². The molecule has 0 aliphatic rings. The number of hydrogen-bond donors (Lipinski definition) is 1. The minimum absolute atomic E-state index is 0.220. The van der Waals surface area contributed by atoms with Crippen molar-refractivity contribution in [1.82, 2.24) is 29.4 Å². The van der Waals surface area contributed by atoms with Crippen LogP contribution >= 0.6 is 0 Å². The van der Waals surface area contributed by atoms with E-state index in [1.165, 1.54) is 5.56 Å². The Balaban J connectivity index is 1.98. The van der Waals surface area contributed by atoms with Crippen LogP contribution in [-0.4, -0.2) is 29.4 Å². The van der Waals surface area contributed by atoms with Crippen molar-refractivity contribution >= 4 is 11.6 Å². The molecule has 0 spiro atoms. The molecule has 1 aromatic carbocycles. The van der Waals surface area contributed by atoms with Crippen LogP contribution in [0.2, 0.25) is 0 Å². The summed E-state index contributed by atoms with van der Waals surface area (Å²) in [5.41, 5.74) is 11.0. The number of nitrogens with two attached hydrogens (primary N) is 1. The first-order valence-electron chi connectivity index (χ1n) is 7.19. The Morgan fingerprint density at radius 2 is 1.78 bits per heavy atom. The SMILES string of the molecule is Cc1ccc(-c2cn3nc(N)nc3c(-c3cnn(C)c3)n2)cc1. The maximum atomic E-state index is 5.76. The highest BCUT2D eigenvalue weighted by molar-refractivity contribution is 5.76. The molecule has 0 fully saturated rings. The molecule has 0 saturated heterocycles. The van der Waals surface area contributed by atoms with Gasteiger partial charge in [-0.15, -0.1) is 5.10 Å². The number of benzene rings is 1. The molecule has 7 nitrogen and oxygen atoms in total. The first-order chi connectivity index (χ1) is 11.1. The molecule has 0 bridgehead atoms. The molecule has 3 heterocycles. The second-order valence-electron chi connectivity index (χ2n) is 5.48. The van der Waals surface area contributed by atoms with Crippen molar-refractivity contribution in [3.63, 3.8) is 0 Å². The van der Waals surface area contributed by atoms with E-state index in [4.69, 9.17) is 10.7 Å². The van der Waals surface area contributed by atoms with E-state index in [-0.39, 0.29) is 5.95 Å². The third-order valence-electron chi connectivity index (χ3n) is 3.66. The Kier molecular flexibility index (Phi) is 2.87. The lowest BCUT2D eigenvalue weighted by Gasteiger charge is -2.06. The molecule has 0 unspecified atom stereocenters. The lowest BCUT2D eigenvalue weighted by Crippen LogP contribution is -1.97. The zero-order chi connectivity index (χ0) is 16.0. The summed E-state index contributed by atoms with van der Waals surface area (Å²) in [4.78, 5) is 9.04. The highest BCUT2D eigenvalue weighted by Gasteiger charge is 2.14. The van der Waals surface area contributed by atoms with Gasteiger partial charge in [-0.25, -0.2) is 9.50 Å². The Labute approximate surface area is 132 Å². The number of nitrogens with zero attached hydrogens (tertiary/aromatic N) is 6. The standard InChI is InChI=1S/C16H15N7/c1-10-3-5-11(6-4-10)13-9-23-15(20-16(17)21-23)14(19-13)12-7-18-22(2)8-12/h3-9H,1-2H3,(H2,17,21). The van der Waals surface area contributed by atoms with Gasteiger partial charge in [0.25, 0.3) is 0 Å². The Hall–Kier alpha value is -3.22. The van der Waals surface area contributed by atoms with Crippen LogP contribution in [0.4, 0.5) is 5.95 Å². The molecule has 3 aromatic heterocycles. The van der Waals surface area contributed by atoms with E-state index in [0.717, 1.165) is 16.8 Å².